The first-order chi connectivity index (χ1) is 10.1. The number of likely N-dealkylation sites (N-methyl/N-ethyl adjacent to an activating group) is 1. The van der Waals surface area contributed by atoms with E-state index < -0.39 is 5.60 Å². The molecule has 0 spiro atoms. The van der Waals surface area contributed by atoms with Gasteiger partial charge in [-0.05, 0) is 25.5 Å². The highest BCUT2D eigenvalue weighted by Crippen LogP contribution is 2.31. The molecule has 0 amide bonds. The Kier molecular flexibility index (Phi) is 5.70. The van der Waals surface area contributed by atoms with Gasteiger partial charge in [-0.25, -0.2) is 9.97 Å². The van der Waals surface area contributed by atoms with Gasteiger partial charge in [0.25, 0.3) is 0 Å². The molecule has 0 unspecified atom stereocenters. The lowest BCUT2D eigenvalue weighted by atomic mass is 10.0. The van der Waals surface area contributed by atoms with Crippen molar-refractivity contribution in [3.63, 3.8) is 0 Å². The van der Waals surface area contributed by atoms with Crippen molar-refractivity contribution < 1.29 is 5.11 Å². The zero-order chi connectivity index (χ0) is 15.3. The summed E-state index contributed by atoms with van der Waals surface area (Å²) < 4.78 is 0. The predicted molar refractivity (Wildman–Crippen MR) is 89.3 cm³/mol. The molecule has 118 valence electrons. The van der Waals surface area contributed by atoms with Gasteiger partial charge in [0.05, 0.1) is 5.60 Å². The molecule has 2 N–H and O–H groups in total. The zero-order valence-electron chi connectivity index (χ0n) is 13.2. The molecule has 1 aromatic rings. The van der Waals surface area contributed by atoms with Crippen molar-refractivity contribution in [2.24, 2.45) is 0 Å². The van der Waals surface area contributed by atoms with Crippen LogP contribution >= 0.6 is 11.8 Å². The fraction of sp³-hybridized carbons (Fsp3) is 0.733. The fourth-order valence-corrected chi connectivity index (χ4v) is 3.13. The van der Waals surface area contributed by atoms with E-state index in [2.05, 4.69) is 22.2 Å². The first kappa shape index (κ1) is 16.4. The van der Waals surface area contributed by atoms with E-state index in [0.29, 0.717) is 6.54 Å². The monoisotopic (exact) mass is 310 g/mol. The van der Waals surface area contributed by atoms with E-state index in [4.69, 9.17) is 0 Å². The fourth-order valence-electron chi connectivity index (χ4n) is 2.76. The number of aliphatic hydroxyl groups is 1. The van der Waals surface area contributed by atoms with Crippen LogP contribution in [0.2, 0.25) is 0 Å². The Bertz CT molecular complexity index is 463. The van der Waals surface area contributed by atoms with Crippen LogP contribution < -0.4 is 10.2 Å². The highest BCUT2D eigenvalue weighted by Gasteiger charge is 2.32. The van der Waals surface area contributed by atoms with Gasteiger partial charge >= 0.3 is 0 Å². The first-order valence-corrected chi connectivity index (χ1v) is 8.89. The number of nitrogens with one attached hydrogen (secondary N) is 1. The van der Waals surface area contributed by atoms with Gasteiger partial charge in [-0.15, -0.1) is 0 Å². The van der Waals surface area contributed by atoms with Crippen LogP contribution in [0.4, 0.5) is 11.6 Å². The molecule has 1 saturated carbocycles. The third-order valence-corrected chi connectivity index (χ3v) is 4.44. The predicted octanol–water partition coefficient (Wildman–Crippen LogP) is 2.76. The van der Waals surface area contributed by atoms with Gasteiger partial charge in [0, 0.05) is 26.2 Å². The van der Waals surface area contributed by atoms with Gasteiger partial charge in [0.1, 0.15) is 11.6 Å². The average molecular weight is 310 g/mol. The molecule has 0 aliphatic heterocycles. The van der Waals surface area contributed by atoms with E-state index in [0.717, 1.165) is 55.4 Å². The molecule has 1 aliphatic carbocycles. The van der Waals surface area contributed by atoms with Crippen LogP contribution in [-0.2, 0) is 0 Å². The summed E-state index contributed by atoms with van der Waals surface area (Å²) in [6, 6.07) is 1.97. The Morgan fingerprint density at radius 2 is 2.10 bits per heavy atom. The van der Waals surface area contributed by atoms with Crippen molar-refractivity contribution in [3.05, 3.63) is 6.07 Å². The van der Waals surface area contributed by atoms with Gasteiger partial charge in [-0.3, -0.25) is 0 Å². The Balaban J connectivity index is 2.12. The third-order valence-electron chi connectivity index (χ3n) is 3.89. The van der Waals surface area contributed by atoms with Gasteiger partial charge in [0.2, 0.25) is 0 Å². The lowest BCUT2D eigenvalue weighted by Gasteiger charge is -2.29. The number of aromatic nitrogens is 2. The molecule has 21 heavy (non-hydrogen) atoms. The molecule has 0 saturated heterocycles. The number of anilines is 2. The molecule has 1 fully saturated rings. The first-order valence-electron chi connectivity index (χ1n) is 7.67. The second kappa shape index (κ2) is 7.31. The molecule has 2 rings (SSSR count). The van der Waals surface area contributed by atoms with E-state index in [1.54, 1.807) is 0 Å². The molecule has 5 nitrogen and oxygen atoms in total. The Morgan fingerprint density at radius 1 is 1.38 bits per heavy atom. The Labute approximate surface area is 131 Å². The van der Waals surface area contributed by atoms with Gasteiger partial charge in [-0.1, -0.05) is 31.5 Å². The number of thioether (sulfide) groups is 1. The van der Waals surface area contributed by atoms with Crippen molar-refractivity contribution >= 4 is 23.4 Å². The summed E-state index contributed by atoms with van der Waals surface area (Å²) in [7, 11) is 1.99. The standard InChI is InChI=1S/C15H26N4OS/c1-4-9-16-12-10-13(18-14(17-12)21-3)19(2)11-15(20)7-5-6-8-15/h10,20H,4-9,11H2,1-3H3,(H,16,17,18). The molecule has 1 heterocycles. The van der Waals surface area contributed by atoms with Crippen molar-refractivity contribution in [1.29, 1.82) is 0 Å². The maximum atomic E-state index is 10.6. The summed E-state index contributed by atoms with van der Waals surface area (Å²) in [5.74, 6) is 1.73. The summed E-state index contributed by atoms with van der Waals surface area (Å²) in [6.07, 6.45) is 7.05. The van der Waals surface area contributed by atoms with Crippen LogP contribution in [0.25, 0.3) is 0 Å². The van der Waals surface area contributed by atoms with E-state index in [-0.39, 0.29) is 0 Å². The number of rotatable bonds is 7. The van der Waals surface area contributed by atoms with E-state index in [1.165, 1.54) is 11.8 Å². The molecule has 0 aromatic carbocycles. The minimum absolute atomic E-state index is 0.559. The second-order valence-electron chi connectivity index (χ2n) is 5.81. The van der Waals surface area contributed by atoms with Crippen LogP contribution in [0.1, 0.15) is 39.0 Å². The lowest BCUT2D eigenvalue weighted by Crippen LogP contribution is -2.39. The Hall–Kier alpha value is -1.01. The van der Waals surface area contributed by atoms with E-state index in [1.807, 2.05) is 24.3 Å². The molecule has 1 aliphatic rings. The van der Waals surface area contributed by atoms with Crippen molar-refractivity contribution in [2.45, 2.75) is 49.8 Å². The summed E-state index contributed by atoms with van der Waals surface area (Å²) in [4.78, 5) is 11.1. The average Bonchev–Trinajstić information content (AvgIpc) is 2.91. The van der Waals surface area contributed by atoms with E-state index in [9.17, 15) is 5.11 Å². The third kappa shape index (κ3) is 4.48. The largest absolute Gasteiger partial charge is 0.388 e. The van der Waals surface area contributed by atoms with Gasteiger partial charge in [0.15, 0.2) is 5.16 Å². The number of nitrogens with zero attached hydrogens (tertiary/aromatic N) is 3. The van der Waals surface area contributed by atoms with Crippen molar-refractivity contribution in [2.75, 3.05) is 36.6 Å². The summed E-state index contributed by atoms with van der Waals surface area (Å²) >= 11 is 1.54. The van der Waals surface area contributed by atoms with Gasteiger partial charge < -0.3 is 15.3 Å². The minimum atomic E-state index is -0.559. The molecule has 0 atom stereocenters. The topological polar surface area (TPSA) is 61.3 Å². The smallest absolute Gasteiger partial charge is 0.191 e. The van der Waals surface area contributed by atoms with Crippen molar-refractivity contribution in [3.8, 4) is 0 Å². The van der Waals surface area contributed by atoms with Crippen molar-refractivity contribution in [1.82, 2.24) is 9.97 Å². The molecule has 1 aromatic heterocycles. The normalized spacial score (nSPS) is 17.0. The molecular weight excluding hydrogens is 284 g/mol. The van der Waals surface area contributed by atoms with E-state index >= 15 is 0 Å². The van der Waals surface area contributed by atoms with Crippen LogP contribution in [0.15, 0.2) is 11.2 Å². The Morgan fingerprint density at radius 3 is 2.71 bits per heavy atom. The molecular formula is C15H26N4OS. The summed E-state index contributed by atoms with van der Waals surface area (Å²) in [5, 5.41) is 14.6. The van der Waals surface area contributed by atoms with Crippen LogP contribution in [0.5, 0.6) is 0 Å². The van der Waals surface area contributed by atoms with Gasteiger partial charge in [-0.2, -0.15) is 0 Å². The zero-order valence-corrected chi connectivity index (χ0v) is 14.0. The van der Waals surface area contributed by atoms with Crippen LogP contribution in [0, 0.1) is 0 Å². The molecule has 6 heteroatoms. The minimum Gasteiger partial charge on any atom is -0.388 e. The number of hydrogen-bond donors (Lipinski definition) is 2. The lowest BCUT2D eigenvalue weighted by molar-refractivity contribution is 0.0557. The maximum absolute atomic E-state index is 10.6. The van der Waals surface area contributed by atoms with Crippen LogP contribution in [0.3, 0.4) is 0 Å². The quantitative estimate of drug-likeness (QED) is 0.596. The molecule has 0 bridgehead atoms. The number of hydrogen-bond acceptors (Lipinski definition) is 6. The molecule has 0 radical (unpaired) electrons. The maximum Gasteiger partial charge on any atom is 0.191 e. The second-order valence-corrected chi connectivity index (χ2v) is 6.59. The van der Waals surface area contributed by atoms with Crippen LogP contribution in [-0.4, -0.2) is 47.1 Å². The highest BCUT2D eigenvalue weighted by molar-refractivity contribution is 7.98. The summed E-state index contributed by atoms with van der Waals surface area (Å²) in [5.41, 5.74) is -0.559. The SMILES string of the molecule is CCCNc1cc(N(C)CC2(O)CCCC2)nc(SC)n1. The highest BCUT2D eigenvalue weighted by atomic mass is 32.2. The summed E-state index contributed by atoms with van der Waals surface area (Å²) in [6.45, 7) is 3.66.